The zero-order chi connectivity index (χ0) is 19.5. The zero-order valence-electron chi connectivity index (χ0n) is 16.2. The standard InChI is InChI=1S/C21H26N4O2S/c1-15-4-5-17-18(12-22)21(28-19(17)11-15)23-20(26)14-25-8-6-24(7-9-25)13-16-3-2-10-27-16/h2-3,10,15H,4-9,11,13-14H2,1H3,(H,23,26). The smallest absolute Gasteiger partial charge is 0.239 e. The summed E-state index contributed by atoms with van der Waals surface area (Å²) in [6.07, 6.45) is 4.79. The van der Waals surface area contributed by atoms with Crippen molar-refractivity contribution in [3.63, 3.8) is 0 Å². The van der Waals surface area contributed by atoms with Crippen LogP contribution in [0.25, 0.3) is 0 Å². The van der Waals surface area contributed by atoms with Gasteiger partial charge in [0.25, 0.3) is 0 Å². The fourth-order valence-corrected chi connectivity index (χ4v) is 5.43. The third-order valence-corrected chi connectivity index (χ3v) is 6.84. The maximum absolute atomic E-state index is 12.6. The molecule has 1 saturated heterocycles. The van der Waals surface area contributed by atoms with Crippen LogP contribution in [0.3, 0.4) is 0 Å². The van der Waals surface area contributed by atoms with Gasteiger partial charge in [0, 0.05) is 31.1 Å². The van der Waals surface area contributed by atoms with Gasteiger partial charge in [0.15, 0.2) is 0 Å². The molecule has 1 atom stereocenters. The van der Waals surface area contributed by atoms with Crippen LogP contribution in [0, 0.1) is 17.2 Å². The van der Waals surface area contributed by atoms with E-state index >= 15 is 0 Å². The molecule has 3 heterocycles. The molecule has 0 radical (unpaired) electrons. The molecule has 28 heavy (non-hydrogen) atoms. The van der Waals surface area contributed by atoms with Crippen molar-refractivity contribution >= 4 is 22.2 Å². The monoisotopic (exact) mass is 398 g/mol. The van der Waals surface area contributed by atoms with Crippen molar-refractivity contribution in [2.24, 2.45) is 5.92 Å². The van der Waals surface area contributed by atoms with Crippen molar-refractivity contribution in [1.29, 1.82) is 5.26 Å². The Morgan fingerprint density at radius 1 is 1.36 bits per heavy atom. The van der Waals surface area contributed by atoms with Gasteiger partial charge in [-0.05, 0) is 42.9 Å². The molecule has 1 N–H and O–H groups in total. The molecule has 1 aliphatic carbocycles. The molecule has 0 aromatic carbocycles. The highest BCUT2D eigenvalue weighted by Crippen LogP contribution is 2.39. The first-order valence-electron chi connectivity index (χ1n) is 9.94. The maximum Gasteiger partial charge on any atom is 0.239 e. The number of amides is 1. The minimum atomic E-state index is -0.0253. The van der Waals surface area contributed by atoms with E-state index in [1.807, 2.05) is 12.1 Å². The minimum Gasteiger partial charge on any atom is -0.468 e. The highest BCUT2D eigenvalue weighted by atomic mass is 32.1. The Bertz CT molecular complexity index is 860. The number of fused-ring (bicyclic) bond motifs is 1. The fourth-order valence-electron chi connectivity index (χ4n) is 4.05. The summed E-state index contributed by atoms with van der Waals surface area (Å²) < 4.78 is 5.41. The van der Waals surface area contributed by atoms with Gasteiger partial charge in [0.2, 0.25) is 5.91 Å². The van der Waals surface area contributed by atoms with Gasteiger partial charge in [-0.2, -0.15) is 5.26 Å². The highest BCUT2D eigenvalue weighted by Gasteiger charge is 2.25. The van der Waals surface area contributed by atoms with E-state index in [0.717, 1.165) is 68.3 Å². The summed E-state index contributed by atoms with van der Waals surface area (Å²) in [7, 11) is 0. The Morgan fingerprint density at radius 3 is 2.86 bits per heavy atom. The van der Waals surface area contributed by atoms with Crippen molar-refractivity contribution in [3.05, 3.63) is 40.2 Å². The number of hydrogen-bond donors (Lipinski definition) is 1. The van der Waals surface area contributed by atoms with E-state index in [1.165, 1.54) is 4.88 Å². The average Bonchev–Trinajstić information content (AvgIpc) is 3.30. The van der Waals surface area contributed by atoms with Gasteiger partial charge >= 0.3 is 0 Å². The third kappa shape index (κ3) is 4.30. The van der Waals surface area contributed by atoms with Gasteiger partial charge in [-0.1, -0.05) is 6.92 Å². The third-order valence-electron chi connectivity index (χ3n) is 5.67. The summed E-state index contributed by atoms with van der Waals surface area (Å²) in [4.78, 5) is 18.4. The number of nitrogens with zero attached hydrogens (tertiary/aromatic N) is 3. The second-order valence-corrected chi connectivity index (χ2v) is 8.95. The lowest BCUT2D eigenvalue weighted by atomic mass is 9.89. The number of carbonyl (C=O) groups excluding carboxylic acids is 1. The molecule has 2 aliphatic rings. The van der Waals surface area contributed by atoms with Crippen LogP contribution < -0.4 is 5.32 Å². The molecule has 7 heteroatoms. The summed E-state index contributed by atoms with van der Waals surface area (Å²) in [5.41, 5.74) is 1.84. The van der Waals surface area contributed by atoms with Crippen LogP contribution in [-0.4, -0.2) is 48.4 Å². The van der Waals surface area contributed by atoms with Crippen LogP contribution in [0.5, 0.6) is 0 Å². The molecule has 6 nitrogen and oxygen atoms in total. The molecule has 4 rings (SSSR count). The molecule has 0 saturated carbocycles. The van der Waals surface area contributed by atoms with Crippen molar-refractivity contribution in [1.82, 2.24) is 9.80 Å². The van der Waals surface area contributed by atoms with Gasteiger partial charge in [-0.25, -0.2) is 0 Å². The van der Waals surface area contributed by atoms with Crippen molar-refractivity contribution in [2.75, 3.05) is 38.0 Å². The van der Waals surface area contributed by atoms with Crippen LogP contribution in [0.15, 0.2) is 22.8 Å². The zero-order valence-corrected chi connectivity index (χ0v) is 17.1. The Morgan fingerprint density at radius 2 is 2.14 bits per heavy atom. The van der Waals surface area contributed by atoms with Gasteiger partial charge in [-0.3, -0.25) is 14.6 Å². The number of anilines is 1. The summed E-state index contributed by atoms with van der Waals surface area (Å²) in [5.74, 6) is 1.60. The van der Waals surface area contributed by atoms with E-state index in [4.69, 9.17) is 4.42 Å². The van der Waals surface area contributed by atoms with E-state index in [1.54, 1.807) is 17.6 Å². The number of nitriles is 1. The number of nitrogens with one attached hydrogen (secondary N) is 1. The number of rotatable bonds is 5. The second kappa shape index (κ2) is 8.48. The number of hydrogen-bond acceptors (Lipinski definition) is 6. The number of carbonyl (C=O) groups is 1. The molecule has 1 fully saturated rings. The van der Waals surface area contributed by atoms with Crippen molar-refractivity contribution in [2.45, 2.75) is 32.7 Å². The fraction of sp³-hybridized carbons (Fsp3) is 0.524. The molecule has 1 aliphatic heterocycles. The first kappa shape index (κ1) is 19.2. The molecule has 2 aromatic rings. The van der Waals surface area contributed by atoms with Crippen LogP contribution in [0.2, 0.25) is 0 Å². The van der Waals surface area contributed by atoms with E-state index in [2.05, 4.69) is 28.1 Å². The van der Waals surface area contributed by atoms with Crippen molar-refractivity contribution in [3.8, 4) is 6.07 Å². The van der Waals surface area contributed by atoms with Crippen LogP contribution >= 0.6 is 11.3 Å². The van der Waals surface area contributed by atoms with Crippen LogP contribution in [0.4, 0.5) is 5.00 Å². The molecule has 0 spiro atoms. The molecule has 2 aromatic heterocycles. The number of thiophene rings is 1. The normalized spacial score (nSPS) is 20.5. The van der Waals surface area contributed by atoms with Crippen LogP contribution in [-0.2, 0) is 24.2 Å². The van der Waals surface area contributed by atoms with Gasteiger partial charge < -0.3 is 9.73 Å². The SMILES string of the molecule is CC1CCc2c(sc(NC(=O)CN3CCN(Cc4ccco4)CC3)c2C#N)C1. The predicted octanol–water partition coefficient (Wildman–Crippen LogP) is 3.09. The maximum atomic E-state index is 12.6. The quantitative estimate of drug-likeness (QED) is 0.838. The Kier molecular flexibility index (Phi) is 5.81. The molecular weight excluding hydrogens is 372 g/mol. The molecule has 0 bridgehead atoms. The topological polar surface area (TPSA) is 72.5 Å². The highest BCUT2D eigenvalue weighted by molar-refractivity contribution is 7.16. The summed E-state index contributed by atoms with van der Waals surface area (Å²) in [5, 5.41) is 13.3. The summed E-state index contributed by atoms with van der Waals surface area (Å²) >= 11 is 1.59. The van der Waals surface area contributed by atoms with E-state index < -0.39 is 0 Å². The summed E-state index contributed by atoms with van der Waals surface area (Å²) in [6, 6.07) is 6.23. The second-order valence-electron chi connectivity index (χ2n) is 7.85. The molecule has 1 unspecified atom stereocenters. The van der Waals surface area contributed by atoms with E-state index in [-0.39, 0.29) is 5.91 Å². The van der Waals surface area contributed by atoms with Crippen LogP contribution in [0.1, 0.15) is 35.1 Å². The first-order chi connectivity index (χ1) is 13.6. The van der Waals surface area contributed by atoms with Gasteiger partial charge in [0.1, 0.15) is 16.8 Å². The first-order valence-corrected chi connectivity index (χ1v) is 10.8. The minimum absolute atomic E-state index is 0.0253. The summed E-state index contributed by atoms with van der Waals surface area (Å²) in [6.45, 7) is 7.00. The lowest BCUT2D eigenvalue weighted by Crippen LogP contribution is -2.48. The lowest BCUT2D eigenvalue weighted by molar-refractivity contribution is -0.117. The van der Waals surface area contributed by atoms with Gasteiger partial charge in [-0.15, -0.1) is 11.3 Å². The number of piperazine rings is 1. The predicted molar refractivity (Wildman–Crippen MR) is 109 cm³/mol. The molecule has 148 valence electrons. The number of furan rings is 1. The Labute approximate surface area is 169 Å². The largest absolute Gasteiger partial charge is 0.468 e. The lowest BCUT2D eigenvalue weighted by Gasteiger charge is -2.33. The van der Waals surface area contributed by atoms with Crippen molar-refractivity contribution < 1.29 is 9.21 Å². The molecular formula is C21H26N4O2S. The van der Waals surface area contributed by atoms with E-state index in [9.17, 15) is 10.1 Å². The Balaban J connectivity index is 1.30. The van der Waals surface area contributed by atoms with Gasteiger partial charge in [0.05, 0.1) is 24.9 Å². The van der Waals surface area contributed by atoms with E-state index in [0.29, 0.717) is 18.0 Å². The Hall–Kier alpha value is -2.14. The average molecular weight is 399 g/mol. The molecule has 1 amide bonds.